The minimum absolute atomic E-state index is 0.0695. The lowest BCUT2D eigenvalue weighted by atomic mass is 10.0. The van der Waals surface area contributed by atoms with Crippen LogP contribution in [0.2, 0.25) is 0 Å². The Hall–Kier alpha value is -1.94. The van der Waals surface area contributed by atoms with Crippen molar-refractivity contribution in [3.05, 3.63) is 47.5 Å². The summed E-state index contributed by atoms with van der Waals surface area (Å²) in [7, 11) is -13.3. The Balaban J connectivity index is 3.07. The lowest BCUT2D eigenvalue weighted by Gasteiger charge is -2.15. The molecule has 0 saturated heterocycles. The van der Waals surface area contributed by atoms with Gasteiger partial charge in [0, 0.05) is 29.9 Å². The van der Waals surface area contributed by atoms with Gasteiger partial charge in [0.15, 0.2) is 43.8 Å². The first kappa shape index (κ1) is 22.4. The van der Waals surface area contributed by atoms with Gasteiger partial charge in [-0.1, -0.05) is 12.1 Å². The molecule has 0 radical (unpaired) electrons. The van der Waals surface area contributed by atoms with Gasteiger partial charge in [-0.3, -0.25) is 9.36 Å². The Morgan fingerprint density at radius 1 is 0.714 bits per heavy atom. The smallest absolute Gasteiger partial charge is 0.195 e. The van der Waals surface area contributed by atoms with E-state index in [1.807, 2.05) is 0 Å². The largest absolute Gasteiger partial charge is 0.289 e. The van der Waals surface area contributed by atoms with Crippen molar-refractivity contribution in [2.24, 2.45) is 0 Å². The van der Waals surface area contributed by atoms with E-state index in [-0.39, 0.29) is 10.9 Å². The van der Waals surface area contributed by atoms with E-state index in [4.69, 9.17) is 0 Å². The maximum Gasteiger partial charge on any atom is 0.195 e. The molecule has 0 aliphatic rings. The van der Waals surface area contributed by atoms with E-state index in [1.54, 1.807) is 0 Å². The minimum atomic E-state index is -4.36. The normalized spacial score (nSPS) is 12.8. The van der Waals surface area contributed by atoms with Crippen molar-refractivity contribution in [2.45, 2.75) is 14.7 Å². The number of hydrogen-bond donors (Lipinski definition) is 0. The Morgan fingerprint density at radius 2 is 1.25 bits per heavy atom. The maximum atomic E-state index is 13.0. The van der Waals surface area contributed by atoms with Crippen LogP contribution in [0.1, 0.15) is 15.9 Å². The van der Waals surface area contributed by atoms with Crippen molar-refractivity contribution >= 4 is 49.1 Å². The lowest BCUT2D eigenvalue weighted by molar-refractivity contribution is 0.103. The third kappa shape index (κ3) is 4.38. The molecule has 0 fully saturated rings. The van der Waals surface area contributed by atoms with Crippen LogP contribution in [0.4, 0.5) is 0 Å². The Morgan fingerprint density at radius 3 is 1.71 bits per heavy atom. The SMILES string of the molecule is CS(=O)(=O)c1ccc(C(=O)c2ccccc2P=O)c(S(C)(=O)=O)c1S(C)(=O)=O. The van der Waals surface area contributed by atoms with Crippen molar-refractivity contribution < 1.29 is 34.6 Å². The molecule has 0 amide bonds. The molecule has 12 heteroatoms. The maximum absolute atomic E-state index is 13.0. The van der Waals surface area contributed by atoms with Gasteiger partial charge in [0.1, 0.15) is 4.90 Å². The molecule has 28 heavy (non-hydrogen) atoms. The van der Waals surface area contributed by atoms with Crippen LogP contribution in [0.25, 0.3) is 0 Å². The van der Waals surface area contributed by atoms with Crippen LogP contribution in [-0.4, -0.2) is 49.8 Å². The molecule has 0 unspecified atom stereocenters. The standard InChI is InChI=1S/C16H15O8PS3/c1-26(19,20)13-9-8-11(14(17)10-6-4-5-7-12(10)25-18)15(27(2,21)22)16(13)28(3,23)24/h4-9H,1-3H3. The lowest BCUT2D eigenvalue weighted by Crippen LogP contribution is -2.20. The zero-order valence-corrected chi connectivity index (χ0v) is 18.2. The predicted octanol–water partition coefficient (Wildman–Crippen LogP) is 1.05. The fourth-order valence-electron chi connectivity index (χ4n) is 2.62. The summed E-state index contributed by atoms with van der Waals surface area (Å²) in [6.45, 7) is 0. The summed E-state index contributed by atoms with van der Waals surface area (Å²) in [6, 6.07) is 7.49. The van der Waals surface area contributed by atoms with Gasteiger partial charge in [0.2, 0.25) is 0 Å². The van der Waals surface area contributed by atoms with Gasteiger partial charge in [0.05, 0.1) is 15.1 Å². The van der Waals surface area contributed by atoms with E-state index in [9.17, 15) is 34.6 Å². The molecule has 0 aliphatic carbocycles. The third-order valence-corrected chi connectivity index (χ3v) is 8.02. The van der Waals surface area contributed by atoms with Crippen LogP contribution < -0.4 is 5.30 Å². The van der Waals surface area contributed by atoms with E-state index in [0.29, 0.717) is 12.5 Å². The molecule has 0 heterocycles. The molecular weight excluding hydrogens is 447 g/mol. The molecule has 0 spiro atoms. The second-order valence-electron chi connectivity index (χ2n) is 6.02. The summed E-state index contributed by atoms with van der Waals surface area (Å²) in [5.74, 6) is -0.899. The Bertz CT molecular complexity index is 1310. The van der Waals surface area contributed by atoms with Crippen LogP contribution in [0.15, 0.2) is 51.1 Å². The number of ketones is 1. The first-order valence-corrected chi connectivity index (χ1v) is 13.9. The zero-order chi connectivity index (χ0) is 21.5. The molecule has 0 saturated carbocycles. The highest BCUT2D eigenvalue weighted by Crippen LogP contribution is 2.33. The summed E-state index contributed by atoms with van der Waals surface area (Å²) in [5, 5.41) is 0.0695. The number of rotatable bonds is 6. The molecule has 8 nitrogen and oxygen atoms in total. The minimum Gasteiger partial charge on any atom is -0.289 e. The van der Waals surface area contributed by atoms with Crippen LogP contribution in [0.5, 0.6) is 0 Å². The number of benzene rings is 2. The molecular formula is C16H15O8PS3. The van der Waals surface area contributed by atoms with Gasteiger partial charge in [-0.25, -0.2) is 25.3 Å². The van der Waals surface area contributed by atoms with E-state index in [0.717, 1.165) is 18.4 Å². The van der Waals surface area contributed by atoms with Gasteiger partial charge in [0.25, 0.3) is 0 Å². The van der Waals surface area contributed by atoms with Crippen LogP contribution in [0.3, 0.4) is 0 Å². The number of sulfone groups is 3. The summed E-state index contributed by atoms with van der Waals surface area (Å²) in [4.78, 5) is 10.4. The number of carbonyl (C=O) groups is 1. The highest BCUT2D eigenvalue weighted by molar-refractivity contribution is 7.95. The molecule has 0 atom stereocenters. The molecule has 2 aromatic carbocycles. The highest BCUT2D eigenvalue weighted by Gasteiger charge is 2.33. The zero-order valence-electron chi connectivity index (χ0n) is 14.9. The van der Waals surface area contributed by atoms with Gasteiger partial charge in [-0.2, -0.15) is 0 Å². The Kier molecular flexibility index (Phi) is 5.96. The van der Waals surface area contributed by atoms with Gasteiger partial charge in [-0.05, 0) is 24.3 Å². The number of carbonyl (C=O) groups excluding carboxylic acids is 1. The summed E-state index contributed by atoms with van der Waals surface area (Å²) in [5.41, 5.74) is -0.623. The number of hydrogen-bond acceptors (Lipinski definition) is 8. The van der Waals surface area contributed by atoms with E-state index >= 15 is 0 Å². The molecule has 2 aromatic rings. The van der Waals surface area contributed by atoms with Crippen molar-refractivity contribution in [1.82, 2.24) is 0 Å². The average Bonchev–Trinajstić information content (AvgIpc) is 2.57. The van der Waals surface area contributed by atoms with Crippen molar-refractivity contribution in [2.75, 3.05) is 18.8 Å². The fourth-order valence-corrected chi connectivity index (χ4v) is 7.57. The van der Waals surface area contributed by atoms with E-state index in [2.05, 4.69) is 0 Å². The second kappa shape index (κ2) is 7.47. The molecule has 0 bridgehead atoms. The third-order valence-electron chi connectivity index (χ3n) is 3.71. The molecule has 0 aromatic heterocycles. The average molecular weight is 462 g/mol. The summed E-state index contributed by atoms with van der Waals surface area (Å²) < 4.78 is 84.9. The van der Waals surface area contributed by atoms with Crippen LogP contribution >= 0.6 is 8.46 Å². The topological polar surface area (TPSA) is 137 Å². The van der Waals surface area contributed by atoms with Gasteiger partial charge in [-0.15, -0.1) is 0 Å². The monoisotopic (exact) mass is 462 g/mol. The quantitative estimate of drug-likeness (QED) is 0.459. The van der Waals surface area contributed by atoms with Crippen molar-refractivity contribution in [3.8, 4) is 0 Å². The van der Waals surface area contributed by atoms with Crippen molar-refractivity contribution in [1.29, 1.82) is 0 Å². The van der Waals surface area contributed by atoms with Gasteiger partial charge >= 0.3 is 0 Å². The molecule has 0 N–H and O–H groups in total. The summed E-state index contributed by atoms with van der Waals surface area (Å²) in [6.07, 6.45) is 2.07. The predicted molar refractivity (Wildman–Crippen MR) is 103 cm³/mol. The van der Waals surface area contributed by atoms with Crippen molar-refractivity contribution in [3.63, 3.8) is 0 Å². The highest BCUT2D eigenvalue weighted by atomic mass is 32.2. The molecule has 0 aliphatic heterocycles. The van der Waals surface area contributed by atoms with Crippen LogP contribution in [-0.2, 0) is 34.1 Å². The second-order valence-corrected chi connectivity index (χ2v) is 12.6. The Labute approximate surface area is 164 Å². The van der Waals surface area contributed by atoms with E-state index < -0.39 is 64.0 Å². The molecule has 2 rings (SSSR count). The molecule has 150 valence electrons. The first-order chi connectivity index (χ1) is 12.7. The van der Waals surface area contributed by atoms with E-state index in [1.165, 1.54) is 24.3 Å². The summed E-state index contributed by atoms with van der Waals surface area (Å²) >= 11 is 0. The first-order valence-electron chi connectivity index (χ1n) is 7.44. The fraction of sp³-hybridized carbons (Fsp3) is 0.188. The van der Waals surface area contributed by atoms with Crippen LogP contribution in [0, 0.1) is 0 Å². The van der Waals surface area contributed by atoms with Gasteiger partial charge < -0.3 is 0 Å².